The largest absolute Gasteiger partial charge is 0.503 e. The van der Waals surface area contributed by atoms with Crippen LogP contribution in [0.1, 0.15) is 58.9 Å². The molecule has 2 aliphatic heterocycles. The molecule has 0 radical (unpaired) electrons. The summed E-state index contributed by atoms with van der Waals surface area (Å²) in [5.41, 5.74) is 5.65. The van der Waals surface area contributed by atoms with Crippen LogP contribution in [0.25, 0.3) is 56.0 Å². The zero-order valence-electron chi connectivity index (χ0n) is 42.5. The normalized spacial score (nSPS) is 21.0. The molecule has 2 fully saturated rings. The topological polar surface area (TPSA) is 529 Å². The van der Waals surface area contributed by atoms with Crippen molar-refractivity contribution in [3.63, 3.8) is 0 Å². The number of aromatic hydroxyl groups is 2. The van der Waals surface area contributed by atoms with Crippen LogP contribution in [-0.2, 0) is 43.8 Å². The van der Waals surface area contributed by atoms with E-state index in [1.165, 1.54) is 41.2 Å². The van der Waals surface area contributed by atoms with E-state index in [-0.39, 0.29) is 67.6 Å². The van der Waals surface area contributed by atoms with Crippen molar-refractivity contribution in [1.82, 2.24) is 53.2 Å². The highest BCUT2D eigenvalue weighted by molar-refractivity contribution is 7.88. The van der Waals surface area contributed by atoms with Gasteiger partial charge in [-0.05, 0) is 6.07 Å². The van der Waals surface area contributed by atoms with Gasteiger partial charge in [-0.1, -0.05) is 36.4 Å². The Hall–Kier alpha value is -9.24. The van der Waals surface area contributed by atoms with Gasteiger partial charge in [-0.3, -0.25) is 51.7 Å². The number of amides is 2. The fraction of sp³-hybridized carbons (Fsp3) is 0.292. The monoisotopic (exact) mass is 1200 g/mol. The lowest BCUT2D eigenvalue weighted by molar-refractivity contribution is -0.120. The number of fused-ring (bicyclic) bond motifs is 2. The highest BCUT2D eigenvalue weighted by Crippen LogP contribution is 2.37. The van der Waals surface area contributed by atoms with Crippen molar-refractivity contribution >= 4 is 77.9 Å². The number of benzene rings is 2. The predicted octanol–water partition coefficient (Wildman–Crippen LogP) is -4.37. The average molecular weight is 1200 g/mol. The summed E-state index contributed by atoms with van der Waals surface area (Å²) in [7, 11) is -9.71. The Morgan fingerprint density at radius 1 is 0.619 bits per heavy atom. The molecule has 0 bridgehead atoms. The highest BCUT2D eigenvalue weighted by atomic mass is 32.2. The van der Waals surface area contributed by atoms with Gasteiger partial charge in [0.25, 0.3) is 10.9 Å². The lowest BCUT2D eigenvalue weighted by Crippen LogP contribution is -2.45. The fourth-order valence-electron chi connectivity index (χ4n) is 9.40. The van der Waals surface area contributed by atoms with Gasteiger partial charge >= 0.3 is 20.5 Å². The number of nitrogens with one attached hydrogen (secondary N) is 3. The quantitative estimate of drug-likeness (QED) is 0.0239. The molecule has 4 aromatic heterocycles. The van der Waals surface area contributed by atoms with Gasteiger partial charge in [0.05, 0.1) is 30.4 Å². The van der Waals surface area contributed by atoms with Crippen molar-refractivity contribution in [3.8, 4) is 45.1 Å². The highest BCUT2D eigenvalue weighted by Gasteiger charge is 2.46. The van der Waals surface area contributed by atoms with Gasteiger partial charge in [0.15, 0.2) is 64.3 Å². The fourth-order valence-corrected chi connectivity index (χ4v) is 11.0. The Morgan fingerprint density at radius 2 is 1.17 bits per heavy atom. The zero-order chi connectivity index (χ0) is 60.4. The van der Waals surface area contributed by atoms with Gasteiger partial charge in [-0.15, -0.1) is 0 Å². The second kappa shape index (κ2) is 22.2. The van der Waals surface area contributed by atoms with Gasteiger partial charge in [-0.25, -0.2) is 39.3 Å². The van der Waals surface area contributed by atoms with Crippen molar-refractivity contribution in [2.45, 2.75) is 74.8 Å². The standard InChI is InChI=1S/C48H43N13O21S2/c49-42-30-45(52-14-51-42)60(15-53-30)47-40(74)32(66)24(81-47)12-55-83(76,77)58-26(64)9-8-23(63)21-11-17(5-6-20(21)29-36(70)39(73)37(29)71)44-56-43(50)31-46(57-44)61(16-54-31)48-41(75)33(67)25(82-48)13-80-84(78,79)59-27(65)10-7-22(62)18-3-1-2-4-19(18)28-34(68)38(72)35(28)69/h1-6,11,14-16,24-25,32-33,40-41,47-48,55,66-68,70,74-75H,7-10,12-13H2,(H,58,64)(H,59,65)(H2,49,51,52)(H2,50,56,57)/t24-,25-,32-,33-,40-,41-,47-,48-/m1/s1. The lowest BCUT2D eigenvalue weighted by atomic mass is 9.90. The number of anilines is 2. The summed E-state index contributed by atoms with van der Waals surface area (Å²) in [5, 5.41) is 63.8. The maximum Gasteiger partial charge on any atom is 0.362 e. The predicted molar refractivity (Wildman–Crippen MR) is 282 cm³/mol. The molecule has 2 aliphatic rings. The number of aliphatic hydroxyl groups excluding tert-OH is 4. The summed E-state index contributed by atoms with van der Waals surface area (Å²) in [4.78, 5) is 126. The maximum absolute atomic E-state index is 14.0. The van der Waals surface area contributed by atoms with Crippen LogP contribution in [0.15, 0.2) is 80.6 Å². The number of hydrogen-bond donors (Lipinski definition) is 11. The molecule has 34 nitrogen and oxygen atoms in total. The molecule has 2 saturated heterocycles. The molecule has 0 spiro atoms. The zero-order valence-corrected chi connectivity index (χ0v) is 44.1. The number of ether oxygens (including phenoxy) is 2. The van der Waals surface area contributed by atoms with Crippen LogP contribution in [0.4, 0.5) is 11.6 Å². The summed E-state index contributed by atoms with van der Waals surface area (Å²) in [6.07, 6.45) is -12.4. The molecule has 4 aromatic carbocycles. The first-order valence-electron chi connectivity index (χ1n) is 24.6. The molecule has 6 heterocycles. The van der Waals surface area contributed by atoms with Gasteiger partial charge in [0, 0.05) is 60.0 Å². The Labute approximate surface area is 467 Å². The van der Waals surface area contributed by atoms with Crippen molar-refractivity contribution in [2.75, 3.05) is 24.6 Å². The molecule has 0 saturated carbocycles. The third-order valence-electron chi connectivity index (χ3n) is 13.7. The number of Topliss-reactive ketones (excluding diaryl/α,β-unsaturated/α-hetero) is 2. The van der Waals surface area contributed by atoms with Gasteiger partial charge in [0.2, 0.25) is 22.7 Å². The number of aliphatic hydroxyl groups is 4. The summed E-state index contributed by atoms with van der Waals surface area (Å²) < 4.78 is 75.6. The third kappa shape index (κ3) is 10.7. The first kappa shape index (κ1) is 58.0. The summed E-state index contributed by atoms with van der Waals surface area (Å²) >= 11 is 0. The van der Waals surface area contributed by atoms with E-state index in [2.05, 4.69) is 29.9 Å². The van der Waals surface area contributed by atoms with Crippen molar-refractivity contribution < 1.29 is 80.3 Å². The Kier molecular flexibility index (Phi) is 15.3. The van der Waals surface area contributed by atoms with E-state index in [0.29, 0.717) is 0 Å². The van der Waals surface area contributed by atoms with Crippen LogP contribution in [0, 0.1) is 0 Å². The van der Waals surface area contributed by atoms with E-state index in [1.54, 1.807) is 9.44 Å². The van der Waals surface area contributed by atoms with E-state index in [0.717, 1.165) is 29.4 Å². The van der Waals surface area contributed by atoms with E-state index in [1.807, 2.05) is 4.72 Å². The molecule has 438 valence electrons. The number of carbonyl (C=O) groups is 4. The molecule has 84 heavy (non-hydrogen) atoms. The minimum absolute atomic E-state index is 0.0182. The first-order chi connectivity index (χ1) is 39.7. The van der Waals surface area contributed by atoms with Gasteiger partial charge in [0.1, 0.15) is 54.0 Å². The summed E-state index contributed by atoms with van der Waals surface area (Å²) in [5.74, 6) is -6.53. The molecule has 10 rings (SSSR count). The van der Waals surface area contributed by atoms with Crippen LogP contribution in [0.5, 0.6) is 11.5 Å². The SMILES string of the molecule is Nc1ncnc2c1ncn2[C@@H]1O[C@H](CNS(=O)(=O)NC(=O)CCC(=O)c2cc(-c3nc(N)c4ncn([C@@H]5O[C@H](COS(=O)(=O)NC(=O)CCC(=O)c6ccccc6-c6c(O)c(=O)c6=O)[C@@H](O)[C@H]5O)c4n3)ccc2-c2c(O)c(=O)c2=O)[C@@H](O)[C@H]1O. The van der Waals surface area contributed by atoms with E-state index in [9.17, 15) is 85.8 Å². The van der Waals surface area contributed by atoms with Crippen LogP contribution in [-0.4, -0.2) is 160 Å². The second-order valence-corrected chi connectivity index (χ2v) is 21.8. The lowest BCUT2D eigenvalue weighted by Gasteiger charge is -2.17. The number of nitrogens with two attached hydrogens (primary N) is 2. The van der Waals surface area contributed by atoms with Crippen LogP contribution >= 0.6 is 0 Å². The number of imidazole rings is 2. The van der Waals surface area contributed by atoms with E-state index < -0.39 is 176 Å². The smallest absolute Gasteiger partial charge is 0.362 e. The van der Waals surface area contributed by atoms with E-state index >= 15 is 0 Å². The molecule has 8 atom stereocenters. The van der Waals surface area contributed by atoms with Crippen LogP contribution in [0.3, 0.4) is 0 Å². The number of hydrogen-bond acceptors (Lipinski definition) is 29. The van der Waals surface area contributed by atoms with E-state index in [4.69, 9.17) is 25.1 Å². The average Bonchev–Trinajstić information content (AvgIpc) is 4.37. The number of ketones is 2. The van der Waals surface area contributed by atoms with Gasteiger partial charge in [-0.2, -0.15) is 21.6 Å². The molecule has 0 unspecified atom stereocenters. The molecule has 13 N–H and O–H groups in total. The summed E-state index contributed by atoms with van der Waals surface area (Å²) in [6, 6.07) is 8.93. The minimum Gasteiger partial charge on any atom is -0.503 e. The molecular weight excluding hydrogens is 1160 g/mol. The Morgan fingerprint density at radius 3 is 1.80 bits per heavy atom. The molecule has 0 aliphatic carbocycles. The molecular formula is C48H43N13O21S2. The third-order valence-corrected chi connectivity index (χ3v) is 15.6. The Balaban J connectivity index is 0.786. The molecule has 2 amide bonds. The maximum atomic E-state index is 14.0. The van der Waals surface area contributed by atoms with Crippen molar-refractivity contribution in [2.24, 2.45) is 0 Å². The summed E-state index contributed by atoms with van der Waals surface area (Å²) in [6.45, 7) is -1.68. The second-order valence-electron chi connectivity index (χ2n) is 19.0. The Bertz CT molecular complexity index is 4420. The van der Waals surface area contributed by atoms with Gasteiger partial charge < -0.3 is 51.6 Å². The number of aromatic nitrogens is 8. The van der Waals surface area contributed by atoms with Crippen molar-refractivity contribution in [3.05, 3.63) is 113 Å². The van der Waals surface area contributed by atoms with Crippen LogP contribution in [0.2, 0.25) is 0 Å². The molecule has 36 heteroatoms. The number of carbonyl (C=O) groups excluding carboxylic acids is 4. The minimum atomic E-state index is -4.98. The molecule has 8 aromatic rings. The number of nitrogen functional groups attached to an aromatic ring is 2. The number of nitrogens with zero attached hydrogens (tertiary/aromatic N) is 8. The number of rotatable bonds is 21. The first-order valence-corrected chi connectivity index (χ1v) is 27.5. The van der Waals surface area contributed by atoms with Crippen LogP contribution < -0.4 is 47.3 Å². The van der Waals surface area contributed by atoms with Crippen molar-refractivity contribution in [1.29, 1.82) is 0 Å².